The van der Waals surface area contributed by atoms with Crippen molar-refractivity contribution < 1.29 is 19.1 Å². The Morgan fingerprint density at radius 1 is 1.00 bits per heavy atom. The zero-order valence-corrected chi connectivity index (χ0v) is 18.4. The number of nitrogens with zero attached hydrogens (tertiary/aromatic N) is 3. The highest BCUT2D eigenvalue weighted by atomic mass is 35.5. The monoisotopic (exact) mass is 456 g/mol. The quantitative estimate of drug-likeness (QED) is 0.718. The average Bonchev–Trinajstić information content (AvgIpc) is 2.82. The first kappa shape index (κ1) is 22.0. The van der Waals surface area contributed by atoms with Crippen molar-refractivity contribution in [2.75, 3.05) is 55.7 Å². The van der Waals surface area contributed by atoms with Gasteiger partial charge in [0.1, 0.15) is 5.75 Å². The first-order valence-corrected chi connectivity index (χ1v) is 11.0. The predicted molar refractivity (Wildman–Crippen MR) is 122 cm³/mol. The molecule has 2 aliphatic rings. The lowest BCUT2D eigenvalue weighted by Gasteiger charge is -2.36. The molecule has 1 saturated heterocycles. The van der Waals surface area contributed by atoms with Crippen LogP contribution in [0.4, 0.5) is 11.4 Å². The van der Waals surface area contributed by atoms with Crippen LogP contribution in [0, 0.1) is 0 Å². The Kier molecular flexibility index (Phi) is 6.80. The fourth-order valence-corrected chi connectivity index (χ4v) is 3.98. The number of anilines is 2. The minimum atomic E-state index is -0.269. The van der Waals surface area contributed by atoms with Crippen molar-refractivity contribution in [1.82, 2.24) is 10.2 Å². The van der Waals surface area contributed by atoms with Crippen LogP contribution < -0.4 is 19.9 Å². The van der Waals surface area contributed by atoms with Gasteiger partial charge in [-0.15, -0.1) is 0 Å². The Labute approximate surface area is 191 Å². The molecule has 3 amide bonds. The van der Waals surface area contributed by atoms with Crippen molar-refractivity contribution in [2.45, 2.75) is 6.42 Å². The highest BCUT2D eigenvalue weighted by Crippen LogP contribution is 2.31. The Balaban J connectivity index is 1.21. The Bertz CT molecular complexity index is 990. The van der Waals surface area contributed by atoms with Crippen LogP contribution in [0.25, 0.3) is 0 Å². The number of halogens is 1. The summed E-state index contributed by atoms with van der Waals surface area (Å²) in [5.41, 5.74) is 1.74. The molecule has 1 N–H and O–H groups in total. The van der Waals surface area contributed by atoms with Gasteiger partial charge in [-0.2, -0.15) is 0 Å². The van der Waals surface area contributed by atoms with E-state index in [1.807, 2.05) is 36.4 Å². The number of hydrogen-bond acceptors (Lipinski definition) is 5. The van der Waals surface area contributed by atoms with Crippen molar-refractivity contribution >= 4 is 40.7 Å². The Morgan fingerprint density at radius 3 is 2.47 bits per heavy atom. The summed E-state index contributed by atoms with van der Waals surface area (Å²) in [6, 6.07) is 14.9. The number of para-hydroxylation sites is 2. The summed E-state index contributed by atoms with van der Waals surface area (Å²) in [4.78, 5) is 42.5. The van der Waals surface area contributed by atoms with Crippen LogP contribution in [-0.2, 0) is 14.4 Å². The van der Waals surface area contributed by atoms with Crippen LogP contribution in [0.5, 0.6) is 5.75 Å². The maximum Gasteiger partial charge on any atom is 0.265 e. The third-order valence-corrected chi connectivity index (χ3v) is 5.88. The molecule has 0 unspecified atom stereocenters. The van der Waals surface area contributed by atoms with Crippen molar-refractivity contribution in [2.24, 2.45) is 0 Å². The number of nitrogens with one attached hydrogen (secondary N) is 1. The second kappa shape index (κ2) is 9.91. The maximum absolute atomic E-state index is 12.5. The van der Waals surface area contributed by atoms with Gasteiger partial charge in [0, 0.05) is 49.9 Å². The summed E-state index contributed by atoms with van der Waals surface area (Å²) in [6.07, 6.45) is 0.109. The van der Waals surface area contributed by atoms with Gasteiger partial charge in [0.25, 0.3) is 5.91 Å². The third kappa shape index (κ3) is 5.13. The minimum absolute atomic E-state index is 0.0425. The summed E-state index contributed by atoms with van der Waals surface area (Å²) < 4.78 is 5.41. The van der Waals surface area contributed by atoms with Crippen molar-refractivity contribution in [1.29, 1.82) is 0 Å². The number of ether oxygens (including phenoxy) is 1. The lowest BCUT2D eigenvalue weighted by Crippen LogP contribution is -2.51. The van der Waals surface area contributed by atoms with Gasteiger partial charge >= 0.3 is 0 Å². The second-order valence-corrected chi connectivity index (χ2v) is 8.11. The van der Waals surface area contributed by atoms with E-state index in [0.717, 1.165) is 18.8 Å². The predicted octanol–water partition coefficient (Wildman–Crippen LogP) is 1.92. The van der Waals surface area contributed by atoms with Crippen molar-refractivity contribution in [3.63, 3.8) is 0 Å². The molecule has 0 saturated carbocycles. The highest BCUT2D eigenvalue weighted by Gasteiger charge is 2.26. The van der Waals surface area contributed by atoms with Gasteiger partial charge in [-0.25, -0.2) is 0 Å². The molecule has 8 nitrogen and oxygen atoms in total. The summed E-state index contributed by atoms with van der Waals surface area (Å²) in [7, 11) is 0. The fourth-order valence-electron chi connectivity index (χ4n) is 3.85. The lowest BCUT2D eigenvalue weighted by atomic mass is 10.2. The van der Waals surface area contributed by atoms with Crippen LogP contribution in [0.1, 0.15) is 6.42 Å². The molecule has 168 valence electrons. The van der Waals surface area contributed by atoms with E-state index in [1.165, 1.54) is 0 Å². The van der Waals surface area contributed by atoms with Gasteiger partial charge in [-0.3, -0.25) is 14.4 Å². The fraction of sp³-hybridized carbons (Fsp3) is 0.348. The molecule has 0 bridgehead atoms. The smallest absolute Gasteiger partial charge is 0.265 e. The molecule has 0 aromatic heterocycles. The van der Waals surface area contributed by atoms with Crippen molar-refractivity contribution in [3.05, 3.63) is 53.6 Å². The summed E-state index contributed by atoms with van der Waals surface area (Å²) in [5, 5.41) is 3.37. The molecule has 9 heteroatoms. The molecular formula is C23H25ClN4O4. The number of benzene rings is 2. The summed E-state index contributed by atoms with van der Waals surface area (Å²) in [6.45, 7) is 2.78. The van der Waals surface area contributed by atoms with Crippen LogP contribution in [0.3, 0.4) is 0 Å². The number of amides is 3. The second-order valence-electron chi connectivity index (χ2n) is 7.67. The maximum atomic E-state index is 12.5. The van der Waals surface area contributed by atoms with Crippen LogP contribution in [-0.4, -0.2) is 68.5 Å². The van der Waals surface area contributed by atoms with Crippen LogP contribution >= 0.6 is 11.6 Å². The number of rotatable bonds is 6. The molecule has 2 heterocycles. The first-order valence-electron chi connectivity index (χ1n) is 10.6. The molecule has 0 atom stereocenters. The molecular weight excluding hydrogens is 432 g/mol. The molecule has 2 aromatic carbocycles. The number of piperazine rings is 1. The van der Waals surface area contributed by atoms with Gasteiger partial charge in [-0.05, 0) is 36.4 Å². The number of hydrogen-bond donors (Lipinski definition) is 1. The van der Waals surface area contributed by atoms with E-state index in [0.29, 0.717) is 29.5 Å². The van der Waals surface area contributed by atoms with Crippen molar-refractivity contribution in [3.8, 4) is 5.75 Å². The summed E-state index contributed by atoms with van der Waals surface area (Å²) in [5.74, 6) is 0.0587. The molecule has 1 fully saturated rings. The summed E-state index contributed by atoms with van der Waals surface area (Å²) >= 11 is 5.94. The van der Waals surface area contributed by atoms with Gasteiger partial charge in [0.2, 0.25) is 11.8 Å². The zero-order valence-electron chi connectivity index (χ0n) is 17.6. The number of carbonyl (C=O) groups excluding carboxylic acids is 3. The SMILES string of the molecule is O=C(CCN1C(=O)COc2ccccc21)NCC(=O)N1CCN(c2ccc(Cl)cc2)CC1. The minimum Gasteiger partial charge on any atom is -0.482 e. The van der Waals surface area contributed by atoms with E-state index in [9.17, 15) is 14.4 Å². The highest BCUT2D eigenvalue weighted by molar-refractivity contribution is 6.30. The first-order chi connectivity index (χ1) is 15.5. The van der Waals surface area contributed by atoms with E-state index < -0.39 is 0 Å². The van der Waals surface area contributed by atoms with E-state index in [4.69, 9.17) is 16.3 Å². The van der Waals surface area contributed by atoms with Gasteiger partial charge < -0.3 is 24.8 Å². The largest absolute Gasteiger partial charge is 0.482 e. The van der Waals surface area contributed by atoms with E-state index >= 15 is 0 Å². The zero-order chi connectivity index (χ0) is 22.5. The molecule has 2 aliphatic heterocycles. The van der Waals surface area contributed by atoms with Crippen LogP contribution in [0.2, 0.25) is 5.02 Å². The van der Waals surface area contributed by atoms with Gasteiger partial charge in [0.05, 0.1) is 12.2 Å². The van der Waals surface area contributed by atoms with Gasteiger partial charge in [0.15, 0.2) is 6.61 Å². The molecule has 2 aromatic rings. The Hall–Kier alpha value is -3.26. The molecule has 4 rings (SSSR count). The lowest BCUT2D eigenvalue weighted by molar-refractivity contribution is -0.133. The Morgan fingerprint density at radius 2 is 1.72 bits per heavy atom. The van der Waals surface area contributed by atoms with Gasteiger partial charge in [-0.1, -0.05) is 23.7 Å². The normalized spacial score (nSPS) is 15.8. The average molecular weight is 457 g/mol. The van der Waals surface area contributed by atoms with E-state index in [2.05, 4.69) is 10.2 Å². The topological polar surface area (TPSA) is 82.2 Å². The molecule has 0 spiro atoms. The molecule has 32 heavy (non-hydrogen) atoms. The third-order valence-electron chi connectivity index (χ3n) is 5.63. The molecule has 0 aliphatic carbocycles. The van der Waals surface area contributed by atoms with Crippen LogP contribution in [0.15, 0.2) is 48.5 Å². The van der Waals surface area contributed by atoms with E-state index in [-0.39, 0.29) is 43.8 Å². The van der Waals surface area contributed by atoms with E-state index in [1.54, 1.807) is 21.9 Å². The number of carbonyl (C=O) groups is 3. The standard InChI is InChI=1S/C23H25ClN4O4/c24-17-5-7-18(8-6-17)26-11-13-27(14-12-26)22(30)15-25-21(29)9-10-28-19-3-1-2-4-20(19)32-16-23(28)31/h1-8H,9-16H2,(H,25,29). The molecule has 0 radical (unpaired) electrons. The number of fused-ring (bicyclic) bond motifs is 1.